The molecule has 1 heteroatoms. The predicted molar refractivity (Wildman–Crippen MR) is 49.7 cm³/mol. The predicted octanol–water partition coefficient (Wildman–Crippen LogP) is 2.37. The molecule has 1 saturated heterocycles. The van der Waals surface area contributed by atoms with Crippen molar-refractivity contribution in [1.82, 2.24) is 4.90 Å². The van der Waals surface area contributed by atoms with Crippen molar-refractivity contribution in [3.63, 3.8) is 0 Å². The van der Waals surface area contributed by atoms with Crippen LogP contribution in [0.1, 0.15) is 34.1 Å². The van der Waals surface area contributed by atoms with Crippen LogP contribution in [0.2, 0.25) is 0 Å². The van der Waals surface area contributed by atoms with E-state index in [2.05, 4.69) is 39.6 Å². The van der Waals surface area contributed by atoms with Crippen molar-refractivity contribution < 1.29 is 0 Å². The SMILES string of the molecule is CC(C)[C@@H]1CC(C)(C)CN1C. The Labute approximate surface area is 70.8 Å². The lowest BCUT2D eigenvalue weighted by molar-refractivity contribution is 0.248. The van der Waals surface area contributed by atoms with Gasteiger partial charge in [0.2, 0.25) is 0 Å². The molecule has 0 unspecified atom stereocenters. The molecule has 0 aromatic rings. The minimum absolute atomic E-state index is 0.545. The van der Waals surface area contributed by atoms with E-state index in [0.29, 0.717) is 5.41 Å². The molecular formula is C10H21N. The summed E-state index contributed by atoms with van der Waals surface area (Å²) >= 11 is 0. The first-order valence-electron chi connectivity index (χ1n) is 4.63. The van der Waals surface area contributed by atoms with Crippen LogP contribution in [0.3, 0.4) is 0 Å². The van der Waals surface area contributed by atoms with Crippen LogP contribution in [0.25, 0.3) is 0 Å². The molecule has 0 N–H and O–H groups in total. The summed E-state index contributed by atoms with van der Waals surface area (Å²) in [6.07, 6.45) is 1.36. The lowest BCUT2D eigenvalue weighted by Gasteiger charge is -2.22. The molecule has 66 valence electrons. The number of hydrogen-bond donors (Lipinski definition) is 0. The van der Waals surface area contributed by atoms with Gasteiger partial charge in [-0.05, 0) is 24.8 Å². The highest BCUT2D eigenvalue weighted by Gasteiger charge is 2.36. The van der Waals surface area contributed by atoms with E-state index in [4.69, 9.17) is 0 Å². The molecule has 0 spiro atoms. The number of nitrogens with zero attached hydrogens (tertiary/aromatic N) is 1. The van der Waals surface area contributed by atoms with Gasteiger partial charge in [-0.2, -0.15) is 0 Å². The second-order valence-electron chi connectivity index (χ2n) is 5.09. The molecule has 0 amide bonds. The van der Waals surface area contributed by atoms with Gasteiger partial charge in [-0.15, -0.1) is 0 Å². The average molecular weight is 155 g/mol. The van der Waals surface area contributed by atoms with Crippen molar-refractivity contribution >= 4 is 0 Å². The fourth-order valence-corrected chi connectivity index (χ4v) is 2.32. The van der Waals surface area contributed by atoms with E-state index >= 15 is 0 Å². The Morgan fingerprint density at radius 3 is 2.09 bits per heavy atom. The third kappa shape index (κ3) is 1.96. The first-order chi connectivity index (χ1) is 4.92. The third-order valence-corrected chi connectivity index (χ3v) is 2.77. The Morgan fingerprint density at radius 2 is 1.91 bits per heavy atom. The van der Waals surface area contributed by atoms with E-state index in [0.717, 1.165) is 12.0 Å². The van der Waals surface area contributed by atoms with E-state index < -0.39 is 0 Å². The molecule has 1 nitrogen and oxygen atoms in total. The first kappa shape index (κ1) is 9.05. The van der Waals surface area contributed by atoms with Gasteiger partial charge in [-0.25, -0.2) is 0 Å². The normalized spacial score (nSPS) is 31.6. The van der Waals surface area contributed by atoms with Crippen molar-refractivity contribution in [2.24, 2.45) is 11.3 Å². The van der Waals surface area contributed by atoms with Crippen LogP contribution >= 0.6 is 0 Å². The molecule has 11 heavy (non-hydrogen) atoms. The van der Waals surface area contributed by atoms with Gasteiger partial charge in [-0.1, -0.05) is 27.7 Å². The molecule has 1 fully saturated rings. The first-order valence-corrected chi connectivity index (χ1v) is 4.63. The second kappa shape index (κ2) is 2.78. The van der Waals surface area contributed by atoms with E-state index in [1.165, 1.54) is 13.0 Å². The molecule has 0 aromatic carbocycles. The summed E-state index contributed by atoms with van der Waals surface area (Å²) in [7, 11) is 2.25. The Hall–Kier alpha value is -0.0400. The van der Waals surface area contributed by atoms with Crippen molar-refractivity contribution in [2.45, 2.75) is 40.2 Å². The summed E-state index contributed by atoms with van der Waals surface area (Å²) in [6, 6.07) is 0.810. The Morgan fingerprint density at radius 1 is 1.36 bits per heavy atom. The molecule has 1 aliphatic rings. The minimum Gasteiger partial charge on any atom is -0.303 e. The van der Waals surface area contributed by atoms with Crippen LogP contribution in [0, 0.1) is 11.3 Å². The van der Waals surface area contributed by atoms with E-state index in [1.807, 2.05) is 0 Å². The molecule has 1 rings (SSSR count). The van der Waals surface area contributed by atoms with Crippen LogP contribution in [0.15, 0.2) is 0 Å². The highest BCUT2D eigenvalue weighted by atomic mass is 15.2. The summed E-state index contributed by atoms with van der Waals surface area (Å²) in [5, 5.41) is 0. The van der Waals surface area contributed by atoms with Crippen molar-refractivity contribution in [1.29, 1.82) is 0 Å². The van der Waals surface area contributed by atoms with Gasteiger partial charge in [0.15, 0.2) is 0 Å². The summed E-state index contributed by atoms with van der Waals surface area (Å²) in [5.74, 6) is 0.807. The van der Waals surface area contributed by atoms with Crippen molar-refractivity contribution in [3.05, 3.63) is 0 Å². The summed E-state index contributed by atoms with van der Waals surface area (Å²) in [5.41, 5.74) is 0.545. The third-order valence-electron chi connectivity index (χ3n) is 2.77. The fourth-order valence-electron chi connectivity index (χ4n) is 2.32. The number of hydrogen-bond acceptors (Lipinski definition) is 1. The zero-order valence-electron chi connectivity index (χ0n) is 8.52. The molecule has 0 radical (unpaired) electrons. The van der Waals surface area contributed by atoms with Crippen LogP contribution in [0.5, 0.6) is 0 Å². The smallest absolute Gasteiger partial charge is 0.0121 e. The van der Waals surface area contributed by atoms with Gasteiger partial charge >= 0.3 is 0 Å². The largest absolute Gasteiger partial charge is 0.303 e. The van der Waals surface area contributed by atoms with Gasteiger partial charge < -0.3 is 4.90 Å². The lowest BCUT2D eigenvalue weighted by atomic mass is 9.88. The quantitative estimate of drug-likeness (QED) is 0.562. The number of likely N-dealkylation sites (tertiary alicyclic amines) is 1. The highest BCUT2D eigenvalue weighted by molar-refractivity contribution is 4.90. The molecule has 0 bridgehead atoms. The minimum atomic E-state index is 0.545. The molecule has 1 atom stereocenters. The van der Waals surface area contributed by atoms with Gasteiger partial charge in [0, 0.05) is 12.6 Å². The van der Waals surface area contributed by atoms with Gasteiger partial charge in [0.25, 0.3) is 0 Å². The van der Waals surface area contributed by atoms with Crippen molar-refractivity contribution in [3.8, 4) is 0 Å². The molecule has 0 aliphatic carbocycles. The van der Waals surface area contributed by atoms with Gasteiger partial charge in [-0.3, -0.25) is 0 Å². The Balaban J connectivity index is 2.59. The van der Waals surface area contributed by atoms with Gasteiger partial charge in [0.05, 0.1) is 0 Å². The Bertz CT molecular complexity index is 138. The summed E-state index contributed by atoms with van der Waals surface area (Å²) in [6.45, 7) is 10.6. The standard InChI is InChI=1S/C10H21N/c1-8(2)9-6-10(3,4)7-11(9)5/h8-9H,6-7H2,1-5H3/t9-/m0/s1. The fraction of sp³-hybridized carbons (Fsp3) is 1.00. The highest BCUT2D eigenvalue weighted by Crippen LogP contribution is 2.35. The zero-order valence-corrected chi connectivity index (χ0v) is 8.52. The molecule has 1 aliphatic heterocycles. The van der Waals surface area contributed by atoms with Crippen LogP contribution in [0.4, 0.5) is 0 Å². The molecular weight excluding hydrogens is 134 g/mol. The molecule has 0 aromatic heterocycles. The van der Waals surface area contributed by atoms with E-state index in [9.17, 15) is 0 Å². The maximum atomic E-state index is 2.50. The van der Waals surface area contributed by atoms with E-state index in [1.54, 1.807) is 0 Å². The second-order valence-corrected chi connectivity index (χ2v) is 5.09. The molecule has 1 heterocycles. The van der Waals surface area contributed by atoms with Crippen LogP contribution in [-0.2, 0) is 0 Å². The topological polar surface area (TPSA) is 3.24 Å². The monoisotopic (exact) mass is 155 g/mol. The number of rotatable bonds is 1. The average Bonchev–Trinajstić information content (AvgIpc) is 2.05. The lowest BCUT2D eigenvalue weighted by Crippen LogP contribution is -2.29. The van der Waals surface area contributed by atoms with Crippen LogP contribution in [-0.4, -0.2) is 24.5 Å². The maximum Gasteiger partial charge on any atom is 0.0121 e. The molecule has 0 saturated carbocycles. The van der Waals surface area contributed by atoms with E-state index in [-0.39, 0.29) is 0 Å². The van der Waals surface area contributed by atoms with Crippen molar-refractivity contribution in [2.75, 3.05) is 13.6 Å². The Kier molecular flexibility index (Phi) is 2.29. The maximum absolute atomic E-state index is 2.50. The summed E-state index contributed by atoms with van der Waals surface area (Å²) in [4.78, 5) is 2.50. The van der Waals surface area contributed by atoms with Crippen LogP contribution < -0.4 is 0 Å². The van der Waals surface area contributed by atoms with Gasteiger partial charge in [0.1, 0.15) is 0 Å². The summed E-state index contributed by atoms with van der Waals surface area (Å²) < 4.78 is 0. The zero-order chi connectivity index (χ0) is 8.65.